The number of methoxy groups -OCH3 is 1. The van der Waals surface area contributed by atoms with E-state index in [0.29, 0.717) is 19.6 Å². The lowest BCUT2D eigenvalue weighted by atomic mass is 10.2. The van der Waals surface area contributed by atoms with Crippen LogP contribution in [0, 0.1) is 0 Å². The normalized spacial score (nSPS) is 14.5. The summed E-state index contributed by atoms with van der Waals surface area (Å²) in [5.41, 5.74) is 1.14. The Balaban J connectivity index is 1.76. The average molecular weight is 321 g/mol. The Morgan fingerprint density at radius 2 is 1.78 bits per heavy atom. The number of nitrogens with two attached hydrogens (primary N) is 1. The van der Waals surface area contributed by atoms with Gasteiger partial charge in [0.2, 0.25) is 0 Å². The highest BCUT2D eigenvalue weighted by molar-refractivity contribution is 5.78. The van der Waals surface area contributed by atoms with Crippen LogP contribution in [0.5, 0.6) is 5.75 Å². The molecule has 126 valence electrons. The minimum absolute atomic E-state index is 0.0675. The molecule has 0 bridgehead atoms. The van der Waals surface area contributed by atoms with Crippen LogP contribution in [0.3, 0.4) is 0 Å². The quantitative estimate of drug-likeness (QED) is 0.679. The summed E-state index contributed by atoms with van der Waals surface area (Å²) < 4.78 is 5.16. The van der Waals surface area contributed by atoms with Gasteiger partial charge in [-0.3, -0.25) is 9.59 Å². The molecular formula is C16H25N4O3+. The van der Waals surface area contributed by atoms with E-state index in [4.69, 9.17) is 4.74 Å². The number of rotatable bonds is 6. The van der Waals surface area contributed by atoms with Crippen molar-refractivity contribution in [1.82, 2.24) is 10.2 Å². The third kappa shape index (κ3) is 4.85. The van der Waals surface area contributed by atoms with Crippen molar-refractivity contribution in [3.63, 3.8) is 0 Å². The van der Waals surface area contributed by atoms with Crippen molar-refractivity contribution in [2.24, 2.45) is 0 Å². The van der Waals surface area contributed by atoms with Gasteiger partial charge in [-0.05, 0) is 24.3 Å². The summed E-state index contributed by atoms with van der Waals surface area (Å²) in [4.78, 5) is 27.4. The molecule has 1 aromatic carbocycles. The van der Waals surface area contributed by atoms with Gasteiger partial charge in [0, 0.05) is 38.9 Å². The molecule has 23 heavy (non-hydrogen) atoms. The zero-order valence-electron chi connectivity index (χ0n) is 13.7. The van der Waals surface area contributed by atoms with Gasteiger partial charge in [0.25, 0.3) is 11.8 Å². The van der Waals surface area contributed by atoms with Crippen molar-refractivity contribution in [2.45, 2.75) is 0 Å². The Kier molecular flexibility index (Phi) is 6.22. The highest BCUT2D eigenvalue weighted by atomic mass is 16.5. The highest BCUT2D eigenvalue weighted by Gasteiger charge is 2.22. The van der Waals surface area contributed by atoms with E-state index < -0.39 is 0 Å². The Hall–Kier alpha value is -2.28. The third-order valence-electron chi connectivity index (χ3n) is 4.00. The fourth-order valence-electron chi connectivity index (χ4n) is 2.56. The zero-order chi connectivity index (χ0) is 16.7. The summed E-state index contributed by atoms with van der Waals surface area (Å²) in [7, 11) is 3.25. The van der Waals surface area contributed by atoms with Gasteiger partial charge in [-0.2, -0.15) is 0 Å². The van der Waals surface area contributed by atoms with Crippen molar-refractivity contribution in [1.29, 1.82) is 0 Å². The number of quaternary nitrogens is 1. The molecule has 1 heterocycles. The molecule has 2 amide bonds. The predicted molar refractivity (Wildman–Crippen MR) is 87.5 cm³/mol. The van der Waals surface area contributed by atoms with Gasteiger partial charge in [-0.15, -0.1) is 0 Å². The van der Waals surface area contributed by atoms with E-state index in [2.05, 4.69) is 10.2 Å². The maximum absolute atomic E-state index is 12.1. The molecular weight excluding hydrogens is 296 g/mol. The van der Waals surface area contributed by atoms with Crippen molar-refractivity contribution < 1.29 is 19.6 Å². The van der Waals surface area contributed by atoms with E-state index in [9.17, 15) is 9.59 Å². The lowest BCUT2D eigenvalue weighted by Gasteiger charge is -2.35. The summed E-state index contributed by atoms with van der Waals surface area (Å²) >= 11 is 0. The molecule has 1 saturated heterocycles. The lowest BCUT2D eigenvalue weighted by molar-refractivity contribution is -0.633. The van der Waals surface area contributed by atoms with Crippen LogP contribution in [-0.4, -0.2) is 70.1 Å². The molecule has 0 radical (unpaired) electrons. The number of hydrogen-bond acceptors (Lipinski definition) is 4. The number of ether oxygens (including phenoxy) is 1. The van der Waals surface area contributed by atoms with E-state index in [-0.39, 0.29) is 18.4 Å². The van der Waals surface area contributed by atoms with Crippen LogP contribution in [0.15, 0.2) is 24.3 Å². The Morgan fingerprint density at radius 1 is 1.13 bits per heavy atom. The molecule has 0 atom stereocenters. The van der Waals surface area contributed by atoms with Crippen LogP contribution >= 0.6 is 0 Å². The molecule has 1 aliphatic rings. The van der Waals surface area contributed by atoms with Crippen LogP contribution in [0.2, 0.25) is 0 Å². The lowest BCUT2D eigenvalue weighted by Crippen LogP contribution is -2.88. The number of benzene rings is 1. The summed E-state index contributed by atoms with van der Waals surface area (Å²) in [6.07, 6.45) is 0. The fourth-order valence-corrected chi connectivity index (χ4v) is 2.56. The van der Waals surface area contributed by atoms with E-state index in [1.807, 2.05) is 29.2 Å². The monoisotopic (exact) mass is 321 g/mol. The molecule has 1 fully saturated rings. The molecule has 2 rings (SSSR count). The van der Waals surface area contributed by atoms with Crippen LogP contribution in [-0.2, 0) is 9.59 Å². The number of nitrogens with zero attached hydrogens (tertiary/aromatic N) is 2. The van der Waals surface area contributed by atoms with Gasteiger partial charge in [0.05, 0.1) is 7.11 Å². The Labute approximate surface area is 136 Å². The Bertz CT molecular complexity index is 525. The molecule has 7 heteroatoms. The minimum atomic E-state index is -0.0675. The van der Waals surface area contributed by atoms with Gasteiger partial charge in [0.15, 0.2) is 13.1 Å². The van der Waals surface area contributed by atoms with Crippen LogP contribution in [0.25, 0.3) is 0 Å². The number of likely N-dealkylation sites (N-methyl/N-ethyl adjacent to an activating group) is 1. The zero-order valence-corrected chi connectivity index (χ0v) is 13.7. The summed E-state index contributed by atoms with van der Waals surface area (Å²) in [6.45, 7) is 3.64. The van der Waals surface area contributed by atoms with E-state index >= 15 is 0 Å². The average Bonchev–Trinajstić information content (AvgIpc) is 2.61. The molecule has 0 aromatic heterocycles. The number of hydrogen-bond donors (Lipinski definition) is 2. The highest BCUT2D eigenvalue weighted by Crippen LogP contribution is 2.20. The molecule has 0 unspecified atom stereocenters. The SMILES string of the molecule is CNC(=O)C[NH2+]CC(=O)N1CCN(c2ccc(OC)cc2)CC1. The maximum atomic E-state index is 12.1. The van der Waals surface area contributed by atoms with E-state index in [0.717, 1.165) is 24.5 Å². The second-order valence-electron chi connectivity index (χ2n) is 5.44. The van der Waals surface area contributed by atoms with Crippen molar-refractivity contribution in [2.75, 3.05) is 58.3 Å². The first-order chi connectivity index (χ1) is 11.1. The van der Waals surface area contributed by atoms with Crippen LogP contribution < -0.4 is 20.3 Å². The second kappa shape index (κ2) is 8.38. The number of amides is 2. The smallest absolute Gasteiger partial charge is 0.277 e. The number of anilines is 1. The fraction of sp³-hybridized carbons (Fsp3) is 0.500. The summed E-state index contributed by atoms with van der Waals surface area (Å²) in [5, 5.41) is 4.27. The molecule has 1 aromatic rings. The van der Waals surface area contributed by atoms with Gasteiger partial charge >= 0.3 is 0 Å². The molecule has 0 spiro atoms. The van der Waals surface area contributed by atoms with Crippen molar-refractivity contribution in [3.05, 3.63) is 24.3 Å². The van der Waals surface area contributed by atoms with Crippen LogP contribution in [0.1, 0.15) is 0 Å². The van der Waals surface area contributed by atoms with Gasteiger partial charge in [-0.25, -0.2) is 0 Å². The molecule has 7 nitrogen and oxygen atoms in total. The number of carbonyl (C=O) groups excluding carboxylic acids is 2. The molecule has 3 N–H and O–H groups in total. The van der Waals surface area contributed by atoms with E-state index in [1.165, 1.54) is 0 Å². The maximum Gasteiger partial charge on any atom is 0.277 e. The van der Waals surface area contributed by atoms with Gasteiger partial charge in [-0.1, -0.05) is 0 Å². The van der Waals surface area contributed by atoms with Gasteiger partial charge < -0.3 is 25.2 Å². The standard InChI is InChI=1S/C16H24N4O3/c1-17-15(21)11-18-12-16(22)20-9-7-19(8-10-20)13-3-5-14(23-2)6-4-13/h3-6,18H,7-12H2,1-2H3,(H,17,21)/p+1. The largest absolute Gasteiger partial charge is 0.497 e. The number of nitrogens with one attached hydrogen (secondary N) is 1. The minimum Gasteiger partial charge on any atom is -0.497 e. The Morgan fingerprint density at radius 3 is 2.35 bits per heavy atom. The number of carbonyl (C=O) groups is 2. The summed E-state index contributed by atoms with van der Waals surface area (Å²) in [6, 6.07) is 7.96. The predicted octanol–water partition coefficient (Wildman–Crippen LogP) is -1.35. The first-order valence-electron chi connectivity index (χ1n) is 7.83. The molecule has 0 aliphatic carbocycles. The molecule has 0 saturated carbocycles. The van der Waals surface area contributed by atoms with Crippen molar-refractivity contribution >= 4 is 17.5 Å². The van der Waals surface area contributed by atoms with Gasteiger partial charge in [0.1, 0.15) is 5.75 Å². The van der Waals surface area contributed by atoms with Crippen molar-refractivity contribution in [3.8, 4) is 5.75 Å². The number of piperazine rings is 1. The first-order valence-corrected chi connectivity index (χ1v) is 7.83. The van der Waals surface area contributed by atoms with E-state index in [1.54, 1.807) is 19.5 Å². The topological polar surface area (TPSA) is 78.5 Å². The third-order valence-corrected chi connectivity index (χ3v) is 4.00. The first kappa shape index (κ1) is 17.1. The summed E-state index contributed by atoms with van der Waals surface area (Å²) in [5.74, 6) is 0.861. The second-order valence-corrected chi connectivity index (χ2v) is 5.44. The van der Waals surface area contributed by atoms with Crippen LogP contribution in [0.4, 0.5) is 5.69 Å². The molecule has 1 aliphatic heterocycles.